The Kier molecular flexibility index (Phi) is 9.46. The summed E-state index contributed by atoms with van der Waals surface area (Å²) in [6, 6.07) is 8.03. The van der Waals surface area contributed by atoms with Crippen molar-refractivity contribution in [3.63, 3.8) is 0 Å². The highest BCUT2D eigenvalue weighted by Gasteiger charge is 2.15. The molecule has 30 heavy (non-hydrogen) atoms. The molecule has 6 nitrogen and oxygen atoms in total. The molecule has 0 bridgehead atoms. The maximum absolute atomic E-state index is 6.08. The maximum atomic E-state index is 6.08. The Hall–Kier alpha value is -2.25. The van der Waals surface area contributed by atoms with Crippen LogP contribution in [0.2, 0.25) is 0 Å². The van der Waals surface area contributed by atoms with Crippen LogP contribution in [0.15, 0.2) is 43.6 Å². The van der Waals surface area contributed by atoms with Crippen LogP contribution in [0.5, 0.6) is 0 Å². The summed E-state index contributed by atoms with van der Waals surface area (Å²) in [5, 5.41) is 0. The van der Waals surface area contributed by atoms with Crippen LogP contribution >= 0.6 is 11.9 Å². The minimum atomic E-state index is 0.221. The minimum absolute atomic E-state index is 0.221. The molecule has 0 radical (unpaired) electrons. The number of hydrogen-bond donors (Lipinski definition) is 2. The van der Waals surface area contributed by atoms with Gasteiger partial charge in [-0.1, -0.05) is 26.3 Å². The summed E-state index contributed by atoms with van der Waals surface area (Å²) < 4.78 is 8.00. The Bertz CT molecular complexity index is 862. The number of aryl methyl sites for hydroxylation is 2. The van der Waals surface area contributed by atoms with E-state index in [0.29, 0.717) is 6.54 Å². The van der Waals surface area contributed by atoms with Crippen LogP contribution in [-0.4, -0.2) is 29.1 Å². The molecule has 2 heterocycles. The van der Waals surface area contributed by atoms with Gasteiger partial charge in [-0.25, -0.2) is 9.30 Å². The van der Waals surface area contributed by atoms with E-state index < -0.39 is 0 Å². The highest BCUT2D eigenvalue weighted by Crippen LogP contribution is 2.33. The molecule has 1 aromatic heterocycles. The predicted octanol–water partition coefficient (Wildman–Crippen LogP) is 5.27. The molecule has 3 rings (SSSR count). The van der Waals surface area contributed by atoms with Crippen molar-refractivity contribution < 1.29 is 4.42 Å². The Morgan fingerprint density at radius 1 is 1.10 bits per heavy atom. The van der Waals surface area contributed by atoms with Gasteiger partial charge in [-0.3, -0.25) is 4.99 Å². The van der Waals surface area contributed by atoms with Gasteiger partial charge in [-0.05, 0) is 74.9 Å². The standard InChI is InChI=1S/C20H27N5OS.C3H8/c1-13-11-16(26-15(13)3)12-23-19(21)20(22)24-17-7-6-8-18(14(17)2)27-25-9-4-5-10-25;1-3-2/h6-8,11H,4-5,9-10,12H2,1-3H3,(H2,21,23)(H2,22,24);3H2,1-2H3. The van der Waals surface area contributed by atoms with Gasteiger partial charge in [-0.2, -0.15) is 0 Å². The molecule has 0 amide bonds. The number of furan rings is 1. The van der Waals surface area contributed by atoms with E-state index in [2.05, 4.69) is 41.1 Å². The zero-order valence-corrected chi connectivity index (χ0v) is 19.7. The maximum Gasteiger partial charge on any atom is 0.166 e. The van der Waals surface area contributed by atoms with Crippen molar-refractivity contribution in [3.8, 4) is 0 Å². The summed E-state index contributed by atoms with van der Waals surface area (Å²) in [6.07, 6.45) is 3.77. The topological polar surface area (TPSA) is 93.1 Å². The van der Waals surface area contributed by atoms with Crippen molar-refractivity contribution in [1.29, 1.82) is 0 Å². The fraction of sp³-hybridized carbons (Fsp3) is 0.478. The normalized spacial score (nSPS) is 15.2. The molecule has 1 fully saturated rings. The quantitative estimate of drug-likeness (QED) is 0.384. The van der Waals surface area contributed by atoms with Crippen molar-refractivity contribution in [2.75, 3.05) is 13.1 Å². The summed E-state index contributed by atoms with van der Waals surface area (Å²) in [4.78, 5) is 10.0. The van der Waals surface area contributed by atoms with Crippen LogP contribution in [0.4, 0.5) is 5.69 Å². The Balaban J connectivity index is 0.00000101. The van der Waals surface area contributed by atoms with E-state index in [4.69, 9.17) is 15.9 Å². The summed E-state index contributed by atoms with van der Waals surface area (Å²) >= 11 is 1.79. The molecule has 7 heteroatoms. The third-order valence-electron chi connectivity index (χ3n) is 4.67. The monoisotopic (exact) mass is 429 g/mol. The van der Waals surface area contributed by atoms with Crippen molar-refractivity contribution in [2.24, 2.45) is 21.5 Å². The molecule has 0 saturated carbocycles. The number of nitrogens with zero attached hydrogens (tertiary/aromatic N) is 3. The lowest BCUT2D eigenvalue weighted by Crippen LogP contribution is -2.31. The van der Waals surface area contributed by atoms with E-state index >= 15 is 0 Å². The molecular weight excluding hydrogens is 394 g/mol. The molecule has 0 spiro atoms. The fourth-order valence-electron chi connectivity index (χ4n) is 2.90. The first-order valence-corrected chi connectivity index (χ1v) is 11.4. The molecule has 0 atom stereocenters. The lowest BCUT2D eigenvalue weighted by Gasteiger charge is -2.15. The number of rotatable bonds is 5. The smallest absolute Gasteiger partial charge is 0.166 e. The first kappa shape index (κ1) is 24.0. The average molecular weight is 430 g/mol. The van der Waals surface area contributed by atoms with Crippen LogP contribution < -0.4 is 11.5 Å². The van der Waals surface area contributed by atoms with Gasteiger partial charge >= 0.3 is 0 Å². The van der Waals surface area contributed by atoms with Crippen molar-refractivity contribution in [3.05, 3.63) is 46.9 Å². The second kappa shape index (κ2) is 11.8. The third-order valence-corrected chi connectivity index (χ3v) is 5.94. The highest BCUT2D eigenvalue weighted by atomic mass is 32.2. The van der Waals surface area contributed by atoms with Crippen LogP contribution in [0.25, 0.3) is 0 Å². The van der Waals surface area contributed by atoms with Crippen LogP contribution in [0.1, 0.15) is 55.8 Å². The molecule has 4 N–H and O–H groups in total. The molecule has 1 saturated heterocycles. The van der Waals surface area contributed by atoms with E-state index in [1.165, 1.54) is 24.2 Å². The lowest BCUT2D eigenvalue weighted by atomic mass is 10.2. The Morgan fingerprint density at radius 3 is 2.37 bits per heavy atom. The number of aliphatic imine (C=N–C) groups is 2. The molecule has 164 valence electrons. The zero-order valence-electron chi connectivity index (χ0n) is 18.9. The largest absolute Gasteiger partial charge is 0.464 e. The van der Waals surface area contributed by atoms with Crippen molar-refractivity contribution in [1.82, 2.24) is 4.31 Å². The summed E-state index contributed by atoms with van der Waals surface area (Å²) in [7, 11) is 0. The molecule has 0 unspecified atom stereocenters. The van der Waals surface area contributed by atoms with Gasteiger partial charge in [-0.15, -0.1) is 0 Å². The van der Waals surface area contributed by atoms with E-state index in [1.807, 2.05) is 32.0 Å². The number of amidine groups is 2. The molecule has 1 aliphatic heterocycles. The summed E-state index contributed by atoms with van der Waals surface area (Å²) in [5.41, 5.74) is 15.1. The first-order chi connectivity index (χ1) is 14.3. The van der Waals surface area contributed by atoms with Gasteiger partial charge in [0.15, 0.2) is 11.7 Å². The number of nitrogens with two attached hydrogens (primary N) is 2. The van der Waals surface area contributed by atoms with E-state index in [9.17, 15) is 0 Å². The molecule has 1 aliphatic rings. The van der Waals surface area contributed by atoms with Gasteiger partial charge in [0.1, 0.15) is 11.5 Å². The van der Waals surface area contributed by atoms with Crippen molar-refractivity contribution in [2.45, 2.75) is 65.3 Å². The third kappa shape index (κ3) is 6.92. The van der Waals surface area contributed by atoms with Gasteiger partial charge < -0.3 is 15.9 Å². The second-order valence-corrected chi connectivity index (χ2v) is 8.62. The molecule has 2 aromatic rings. The fourth-order valence-corrected chi connectivity index (χ4v) is 4.00. The average Bonchev–Trinajstić information content (AvgIpc) is 3.33. The summed E-state index contributed by atoms with van der Waals surface area (Å²) in [5.74, 6) is 2.10. The number of benzene rings is 1. The van der Waals surface area contributed by atoms with Gasteiger partial charge in [0.2, 0.25) is 0 Å². The van der Waals surface area contributed by atoms with Gasteiger partial charge in [0.05, 0.1) is 12.2 Å². The Labute approximate surface area is 185 Å². The van der Waals surface area contributed by atoms with E-state index in [0.717, 1.165) is 41.4 Å². The van der Waals surface area contributed by atoms with Gasteiger partial charge in [0.25, 0.3) is 0 Å². The predicted molar refractivity (Wildman–Crippen MR) is 129 cm³/mol. The summed E-state index contributed by atoms with van der Waals surface area (Å²) in [6.45, 7) is 12.8. The second-order valence-electron chi connectivity index (χ2n) is 7.49. The van der Waals surface area contributed by atoms with Crippen molar-refractivity contribution >= 4 is 29.3 Å². The van der Waals surface area contributed by atoms with E-state index in [1.54, 1.807) is 11.9 Å². The van der Waals surface area contributed by atoms with Crippen LogP contribution in [0.3, 0.4) is 0 Å². The zero-order chi connectivity index (χ0) is 22.1. The van der Waals surface area contributed by atoms with Crippen LogP contribution in [0, 0.1) is 20.8 Å². The molecule has 0 aliphatic carbocycles. The lowest BCUT2D eigenvalue weighted by molar-refractivity contribution is 0.484. The van der Waals surface area contributed by atoms with Crippen LogP contribution in [-0.2, 0) is 6.54 Å². The minimum Gasteiger partial charge on any atom is -0.464 e. The SMILES string of the molecule is CCC.Cc1cc(CN=C(N)C(N)=Nc2cccc(SN3CCCC3)c2C)oc1C. The molecule has 1 aromatic carbocycles. The van der Waals surface area contributed by atoms with E-state index in [-0.39, 0.29) is 11.7 Å². The Morgan fingerprint density at radius 2 is 1.77 bits per heavy atom. The number of hydrogen-bond acceptors (Lipinski definition) is 5. The molecular formula is C23H35N5OS. The highest BCUT2D eigenvalue weighted by molar-refractivity contribution is 7.97. The first-order valence-electron chi connectivity index (χ1n) is 10.6. The van der Waals surface area contributed by atoms with Gasteiger partial charge in [0, 0.05) is 18.0 Å².